The Balaban J connectivity index is 2.55. The second kappa shape index (κ2) is 9.74. The van der Waals surface area contributed by atoms with Crippen LogP contribution in [0.3, 0.4) is 0 Å². The predicted molar refractivity (Wildman–Crippen MR) is 86.2 cm³/mol. The van der Waals surface area contributed by atoms with Crippen molar-refractivity contribution >= 4 is 0 Å². The molecule has 0 aliphatic heterocycles. The first kappa shape index (κ1) is 17.9. The topological polar surface area (TPSA) is 24.5 Å². The van der Waals surface area contributed by atoms with Crippen LogP contribution in [0.2, 0.25) is 0 Å². The third-order valence-electron chi connectivity index (χ3n) is 3.45. The molecule has 0 spiro atoms. The molecule has 0 fully saturated rings. The molecular formula is C17H29FN2O. The summed E-state index contributed by atoms with van der Waals surface area (Å²) in [5.41, 5.74) is 0.884. The van der Waals surface area contributed by atoms with Crippen molar-refractivity contribution in [3.8, 4) is 5.75 Å². The van der Waals surface area contributed by atoms with Crippen LogP contribution < -0.4 is 10.1 Å². The maximum Gasteiger partial charge on any atom is 0.124 e. The number of ether oxygens (including phenoxy) is 1. The quantitative estimate of drug-likeness (QED) is 0.717. The number of nitrogens with zero attached hydrogens (tertiary/aromatic N) is 1. The summed E-state index contributed by atoms with van der Waals surface area (Å²) in [6.07, 6.45) is 0. The Hall–Kier alpha value is -1.13. The lowest BCUT2D eigenvalue weighted by atomic mass is 10.1. The Bertz CT molecular complexity index is 406. The maximum atomic E-state index is 13.4. The minimum absolute atomic E-state index is 0.215. The smallest absolute Gasteiger partial charge is 0.124 e. The number of benzene rings is 1. The van der Waals surface area contributed by atoms with Gasteiger partial charge < -0.3 is 15.0 Å². The predicted octanol–water partition coefficient (Wildman–Crippen LogP) is 3.29. The van der Waals surface area contributed by atoms with Crippen molar-refractivity contribution in [3.63, 3.8) is 0 Å². The molecule has 1 aromatic carbocycles. The van der Waals surface area contributed by atoms with Crippen molar-refractivity contribution in [3.05, 3.63) is 29.6 Å². The third kappa shape index (κ3) is 6.91. The molecule has 0 bridgehead atoms. The zero-order valence-electron chi connectivity index (χ0n) is 13.8. The number of halogens is 1. The van der Waals surface area contributed by atoms with Gasteiger partial charge >= 0.3 is 0 Å². The van der Waals surface area contributed by atoms with E-state index in [1.165, 1.54) is 6.07 Å². The Kier molecular flexibility index (Phi) is 8.31. The molecule has 3 nitrogen and oxygen atoms in total. The fourth-order valence-corrected chi connectivity index (χ4v) is 2.15. The van der Waals surface area contributed by atoms with Gasteiger partial charge in [0.15, 0.2) is 0 Å². The summed E-state index contributed by atoms with van der Waals surface area (Å²) in [7, 11) is 0. The summed E-state index contributed by atoms with van der Waals surface area (Å²) in [6, 6.07) is 4.74. The van der Waals surface area contributed by atoms with Gasteiger partial charge in [-0.15, -0.1) is 0 Å². The molecule has 1 rings (SSSR count). The summed E-state index contributed by atoms with van der Waals surface area (Å²) in [5.74, 6) is 1.14. The Morgan fingerprint density at radius 1 is 1.24 bits per heavy atom. The van der Waals surface area contributed by atoms with Crippen LogP contribution in [0.4, 0.5) is 4.39 Å². The minimum atomic E-state index is -0.215. The average molecular weight is 296 g/mol. The Morgan fingerprint density at radius 2 is 1.95 bits per heavy atom. The van der Waals surface area contributed by atoms with E-state index < -0.39 is 0 Å². The summed E-state index contributed by atoms with van der Waals surface area (Å²) >= 11 is 0. The zero-order valence-corrected chi connectivity index (χ0v) is 13.8. The van der Waals surface area contributed by atoms with E-state index in [0.29, 0.717) is 19.1 Å². The Labute approximate surface area is 128 Å². The molecule has 4 heteroatoms. The van der Waals surface area contributed by atoms with Gasteiger partial charge in [0, 0.05) is 18.7 Å². The van der Waals surface area contributed by atoms with E-state index in [1.807, 2.05) is 0 Å². The van der Waals surface area contributed by atoms with Crippen LogP contribution in [0.25, 0.3) is 0 Å². The van der Waals surface area contributed by atoms with E-state index in [2.05, 4.69) is 37.9 Å². The van der Waals surface area contributed by atoms with Gasteiger partial charge in [0.05, 0.1) is 0 Å². The molecule has 120 valence electrons. The molecule has 0 radical (unpaired) electrons. The van der Waals surface area contributed by atoms with Crippen LogP contribution in [-0.4, -0.2) is 37.7 Å². The van der Waals surface area contributed by atoms with Gasteiger partial charge in [-0.2, -0.15) is 0 Å². The molecule has 0 amide bonds. The first-order valence-electron chi connectivity index (χ1n) is 7.91. The highest BCUT2D eigenvalue weighted by atomic mass is 19.1. The van der Waals surface area contributed by atoms with Crippen LogP contribution >= 0.6 is 0 Å². The van der Waals surface area contributed by atoms with Crippen LogP contribution in [0, 0.1) is 11.7 Å². The van der Waals surface area contributed by atoms with Crippen molar-refractivity contribution in [2.45, 2.75) is 34.2 Å². The molecular weight excluding hydrogens is 267 g/mol. The Morgan fingerprint density at radius 3 is 2.57 bits per heavy atom. The maximum absolute atomic E-state index is 13.4. The molecule has 0 aliphatic carbocycles. The zero-order chi connectivity index (χ0) is 15.7. The van der Waals surface area contributed by atoms with Crippen molar-refractivity contribution in [2.75, 3.05) is 32.8 Å². The molecule has 1 N–H and O–H groups in total. The third-order valence-corrected chi connectivity index (χ3v) is 3.45. The summed E-state index contributed by atoms with van der Waals surface area (Å²) < 4.78 is 19.2. The largest absolute Gasteiger partial charge is 0.492 e. The monoisotopic (exact) mass is 296 g/mol. The molecule has 0 heterocycles. The van der Waals surface area contributed by atoms with E-state index in [-0.39, 0.29) is 5.82 Å². The number of nitrogens with one attached hydrogen (secondary N) is 1. The molecule has 0 saturated heterocycles. The first-order chi connectivity index (χ1) is 10.1. The van der Waals surface area contributed by atoms with E-state index >= 15 is 0 Å². The van der Waals surface area contributed by atoms with E-state index in [1.54, 1.807) is 12.1 Å². The van der Waals surface area contributed by atoms with Gasteiger partial charge in [0.2, 0.25) is 0 Å². The molecule has 0 saturated carbocycles. The number of hydrogen-bond donors (Lipinski definition) is 1. The first-order valence-corrected chi connectivity index (χ1v) is 7.91. The summed E-state index contributed by atoms with van der Waals surface area (Å²) in [6.45, 7) is 13.7. The number of likely N-dealkylation sites (N-methyl/N-ethyl adjacent to an activating group) is 1. The molecule has 21 heavy (non-hydrogen) atoms. The molecule has 0 atom stereocenters. The standard InChI is InChI=1S/C17H29FN2O/c1-5-20(6-2)9-10-21-17-8-7-16(18)11-15(17)13-19-12-14(3)4/h7-8,11,14,19H,5-6,9-10,12-13H2,1-4H3. The molecule has 0 aromatic heterocycles. The SMILES string of the molecule is CCN(CC)CCOc1ccc(F)cc1CNCC(C)C. The van der Waals surface area contributed by atoms with Crippen molar-refractivity contribution in [1.29, 1.82) is 0 Å². The van der Waals surface area contributed by atoms with E-state index in [0.717, 1.165) is 37.5 Å². The minimum Gasteiger partial charge on any atom is -0.492 e. The van der Waals surface area contributed by atoms with Crippen LogP contribution in [0.5, 0.6) is 5.75 Å². The van der Waals surface area contributed by atoms with Crippen LogP contribution in [0.15, 0.2) is 18.2 Å². The lowest BCUT2D eigenvalue weighted by Crippen LogP contribution is -2.28. The molecule has 1 aromatic rings. The fraction of sp³-hybridized carbons (Fsp3) is 0.647. The van der Waals surface area contributed by atoms with Gasteiger partial charge in [-0.1, -0.05) is 27.7 Å². The highest BCUT2D eigenvalue weighted by Crippen LogP contribution is 2.19. The van der Waals surface area contributed by atoms with Crippen molar-refractivity contribution < 1.29 is 9.13 Å². The average Bonchev–Trinajstić information content (AvgIpc) is 2.45. The number of rotatable bonds is 10. The molecule has 0 aliphatic rings. The van der Waals surface area contributed by atoms with Crippen LogP contribution in [0.1, 0.15) is 33.3 Å². The van der Waals surface area contributed by atoms with Gasteiger partial charge in [-0.3, -0.25) is 0 Å². The molecule has 0 unspecified atom stereocenters. The van der Waals surface area contributed by atoms with E-state index in [9.17, 15) is 4.39 Å². The summed E-state index contributed by atoms with van der Waals surface area (Å²) in [4.78, 5) is 2.31. The number of hydrogen-bond acceptors (Lipinski definition) is 3. The summed E-state index contributed by atoms with van der Waals surface area (Å²) in [5, 5.41) is 3.33. The highest BCUT2D eigenvalue weighted by molar-refractivity contribution is 5.33. The highest BCUT2D eigenvalue weighted by Gasteiger charge is 2.07. The van der Waals surface area contributed by atoms with Gasteiger partial charge in [-0.25, -0.2) is 4.39 Å². The van der Waals surface area contributed by atoms with Crippen LogP contribution in [-0.2, 0) is 6.54 Å². The normalized spacial score (nSPS) is 11.4. The van der Waals surface area contributed by atoms with Crippen molar-refractivity contribution in [1.82, 2.24) is 10.2 Å². The van der Waals surface area contributed by atoms with E-state index in [4.69, 9.17) is 4.74 Å². The van der Waals surface area contributed by atoms with Crippen molar-refractivity contribution in [2.24, 2.45) is 5.92 Å². The van der Waals surface area contributed by atoms with Gasteiger partial charge in [0.25, 0.3) is 0 Å². The second-order valence-corrected chi connectivity index (χ2v) is 5.65. The lowest BCUT2D eigenvalue weighted by molar-refractivity contribution is 0.221. The lowest BCUT2D eigenvalue weighted by Gasteiger charge is -2.19. The van der Waals surface area contributed by atoms with Gasteiger partial charge in [0.1, 0.15) is 18.2 Å². The van der Waals surface area contributed by atoms with Gasteiger partial charge in [-0.05, 0) is 43.8 Å². The fourth-order valence-electron chi connectivity index (χ4n) is 2.15. The second-order valence-electron chi connectivity index (χ2n) is 5.65.